The van der Waals surface area contributed by atoms with E-state index in [2.05, 4.69) is 10.3 Å². The van der Waals surface area contributed by atoms with Crippen molar-refractivity contribution in [1.82, 2.24) is 14.9 Å². The van der Waals surface area contributed by atoms with Crippen LogP contribution in [0.4, 0.5) is 0 Å². The van der Waals surface area contributed by atoms with Crippen molar-refractivity contribution < 1.29 is 4.79 Å². The van der Waals surface area contributed by atoms with Crippen LogP contribution >= 0.6 is 11.6 Å². The highest BCUT2D eigenvalue weighted by Crippen LogP contribution is 2.04. The van der Waals surface area contributed by atoms with Gasteiger partial charge in [-0.25, -0.2) is 4.98 Å². The van der Waals surface area contributed by atoms with Crippen LogP contribution in [-0.4, -0.2) is 21.5 Å². The number of nitrogens with zero attached hydrogens (tertiary/aromatic N) is 2. The van der Waals surface area contributed by atoms with Gasteiger partial charge in [-0.3, -0.25) is 14.2 Å². The first-order chi connectivity index (χ1) is 7.41. The Bertz CT molecular complexity index is 442. The zero-order valence-electron chi connectivity index (χ0n) is 9.40. The number of hydrogen-bond acceptors (Lipinski definition) is 3. The maximum absolute atomic E-state index is 11.7. The summed E-state index contributed by atoms with van der Waals surface area (Å²) < 4.78 is 1.24. The molecular weight excluding hydrogens is 230 g/mol. The van der Waals surface area contributed by atoms with Gasteiger partial charge in [0.1, 0.15) is 11.2 Å². The fraction of sp³-hybridized carbons (Fsp3) is 0.500. The number of amides is 1. The topological polar surface area (TPSA) is 64.0 Å². The highest BCUT2D eigenvalue weighted by molar-refractivity contribution is 6.29. The number of hydrogen-bond donors (Lipinski definition) is 1. The summed E-state index contributed by atoms with van der Waals surface area (Å²) in [5.41, 5.74) is -0.341. The van der Waals surface area contributed by atoms with Crippen LogP contribution in [0, 0.1) is 0 Å². The van der Waals surface area contributed by atoms with Crippen molar-refractivity contribution in [1.29, 1.82) is 0 Å². The zero-order valence-corrected chi connectivity index (χ0v) is 10.2. The molecule has 1 rings (SSSR count). The first-order valence-corrected chi connectivity index (χ1v) is 5.33. The van der Waals surface area contributed by atoms with Crippen molar-refractivity contribution >= 4 is 17.5 Å². The van der Waals surface area contributed by atoms with Gasteiger partial charge in [-0.05, 0) is 20.8 Å². The molecule has 1 unspecified atom stereocenters. The molecule has 0 spiro atoms. The van der Waals surface area contributed by atoms with Crippen LogP contribution in [0.25, 0.3) is 0 Å². The molecule has 0 saturated heterocycles. The number of aromatic nitrogens is 2. The minimum absolute atomic E-state index is 0.0333. The highest BCUT2D eigenvalue weighted by Gasteiger charge is 2.16. The van der Waals surface area contributed by atoms with Crippen LogP contribution < -0.4 is 10.9 Å². The van der Waals surface area contributed by atoms with Crippen LogP contribution in [0.5, 0.6) is 0 Å². The molecule has 6 heteroatoms. The maximum atomic E-state index is 11.7. The monoisotopic (exact) mass is 243 g/mol. The summed E-state index contributed by atoms with van der Waals surface area (Å²) in [5.74, 6) is -0.221. The minimum Gasteiger partial charge on any atom is -0.352 e. The van der Waals surface area contributed by atoms with E-state index in [-0.39, 0.29) is 22.7 Å². The van der Waals surface area contributed by atoms with Gasteiger partial charge < -0.3 is 5.32 Å². The summed E-state index contributed by atoms with van der Waals surface area (Å²) >= 11 is 5.56. The molecule has 1 N–H and O–H groups in total. The molecule has 1 heterocycles. The molecule has 16 heavy (non-hydrogen) atoms. The van der Waals surface area contributed by atoms with Crippen LogP contribution in [0.2, 0.25) is 5.15 Å². The normalized spacial score (nSPS) is 12.6. The molecule has 1 atom stereocenters. The molecule has 88 valence electrons. The lowest BCUT2D eigenvalue weighted by molar-refractivity contribution is -0.124. The smallest absolute Gasteiger partial charge is 0.255 e. The minimum atomic E-state index is -0.598. The van der Waals surface area contributed by atoms with Crippen LogP contribution in [0.3, 0.4) is 0 Å². The third-order valence-electron chi connectivity index (χ3n) is 2.03. The van der Waals surface area contributed by atoms with E-state index in [1.54, 1.807) is 6.92 Å². The molecule has 1 aromatic heterocycles. The van der Waals surface area contributed by atoms with Crippen molar-refractivity contribution in [2.45, 2.75) is 32.9 Å². The lowest BCUT2D eigenvalue weighted by Gasteiger charge is -2.16. The van der Waals surface area contributed by atoms with Gasteiger partial charge in [0, 0.05) is 12.1 Å². The van der Waals surface area contributed by atoms with Crippen LogP contribution in [0.15, 0.2) is 17.2 Å². The molecular formula is C10H14ClN3O2. The summed E-state index contributed by atoms with van der Waals surface area (Å²) in [6, 6.07) is 0.617. The van der Waals surface area contributed by atoms with Gasteiger partial charge in [0.05, 0.1) is 6.33 Å². The SMILES string of the molecule is CC(C)NC(=O)C(C)n1cnc(Cl)cc1=O. The summed E-state index contributed by atoms with van der Waals surface area (Å²) in [6.45, 7) is 5.34. The number of carbonyl (C=O) groups excluding carboxylic acids is 1. The third-order valence-corrected chi connectivity index (χ3v) is 2.24. The standard InChI is InChI=1S/C10H14ClN3O2/c1-6(2)13-10(16)7(3)14-5-12-8(11)4-9(14)15/h4-7H,1-3H3,(H,13,16). The van der Waals surface area contributed by atoms with E-state index in [0.717, 1.165) is 0 Å². The largest absolute Gasteiger partial charge is 0.352 e. The van der Waals surface area contributed by atoms with E-state index in [9.17, 15) is 9.59 Å². The van der Waals surface area contributed by atoms with E-state index in [4.69, 9.17) is 11.6 Å². The molecule has 1 amide bonds. The Kier molecular flexibility index (Phi) is 4.06. The Labute approximate surface area is 98.4 Å². The van der Waals surface area contributed by atoms with Gasteiger partial charge in [0.25, 0.3) is 5.56 Å². The maximum Gasteiger partial charge on any atom is 0.255 e. The Hall–Kier alpha value is -1.36. The average molecular weight is 244 g/mol. The van der Waals surface area contributed by atoms with E-state index < -0.39 is 6.04 Å². The van der Waals surface area contributed by atoms with Gasteiger partial charge in [0.2, 0.25) is 5.91 Å². The van der Waals surface area contributed by atoms with Gasteiger partial charge in [0.15, 0.2) is 0 Å². The molecule has 1 aromatic rings. The summed E-state index contributed by atoms with van der Waals surface area (Å²) in [4.78, 5) is 27.0. The van der Waals surface area contributed by atoms with Crippen LogP contribution in [0.1, 0.15) is 26.8 Å². The molecule has 5 nitrogen and oxygen atoms in total. The summed E-state index contributed by atoms with van der Waals surface area (Å²) in [6.07, 6.45) is 1.27. The number of nitrogens with one attached hydrogen (secondary N) is 1. The first-order valence-electron chi connectivity index (χ1n) is 4.96. The second-order valence-corrected chi connectivity index (χ2v) is 4.18. The fourth-order valence-corrected chi connectivity index (χ4v) is 1.35. The number of carbonyl (C=O) groups is 1. The van der Waals surface area contributed by atoms with E-state index in [1.807, 2.05) is 13.8 Å². The fourth-order valence-electron chi connectivity index (χ4n) is 1.21. The van der Waals surface area contributed by atoms with E-state index in [1.165, 1.54) is 17.0 Å². The molecule has 0 aliphatic rings. The summed E-state index contributed by atoms with van der Waals surface area (Å²) in [7, 11) is 0. The van der Waals surface area contributed by atoms with Gasteiger partial charge >= 0.3 is 0 Å². The molecule has 0 aliphatic carbocycles. The van der Waals surface area contributed by atoms with Crippen molar-refractivity contribution in [3.8, 4) is 0 Å². The molecule has 0 aromatic carbocycles. The van der Waals surface area contributed by atoms with Crippen molar-refractivity contribution in [3.63, 3.8) is 0 Å². The summed E-state index contributed by atoms with van der Waals surface area (Å²) in [5, 5.41) is 2.85. The molecule has 0 bridgehead atoms. The number of rotatable bonds is 3. The predicted molar refractivity (Wildman–Crippen MR) is 61.5 cm³/mol. The molecule has 0 fully saturated rings. The van der Waals surface area contributed by atoms with Gasteiger partial charge in [-0.15, -0.1) is 0 Å². The average Bonchev–Trinajstić information content (AvgIpc) is 2.15. The molecule has 0 radical (unpaired) electrons. The highest BCUT2D eigenvalue weighted by atomic mass is 35.5. The van der Waals surface area contributed by atoms with Gasteiger partial charge in [-0.2, -0.15) is 0 Å². The van der Waals surface area contributed by atoms with Crippen molar-refractivity contribution in [2.75, 3.05) is 0 Å². The second kappa shape index (κ2) is 5.12. The van der Waals surface area contributed by atoms with E-state index in [0.29, 0.717) is 0 Å². The third kappa shape index (κ3) is 3.06. The van der Waals surface area contributed by atoms with Crippen LogP contribution in [-0.2, 0) is 4.79 Å². The number of halogens is 1. The quantitative estimate of drug-likeness (QED) is 0.805. The Morgan fingerprint density at radius 3 is 2.62 bits per heavy atom. The molecule has 0 saturated carbocycles. The zero-order chi connectivity index (χ0) is 12.3. The Morgan fingerprint density at radius 1 is 1.50 bits per heavy atom. The second-order valence-electron chi connectivity index (χ2n) is 3.80. The van der Waals surface area contributed by atoms with Gasteiger partial charge in [-0.1, -0.05) is 11.6 Å². The van der Waals surface area contributed by atoms with Crippen molar-refractivity contribution in [2.24, 2.45) is 0 Å². The van der Waals surface area contributed by atoms with E-state index >= 15 is 0 Å². The predicted octanol–water partition coefficient (Wildman–Crippen LogP) is 0.982. The lowest BCUT2D eigenvalue weighted by atomic mass is 10.3. The van der Waals surface area contributed by atoms with Crippen molar-refractivity contribution in [3.05, 3.63) is 27.9 Å². The Morgan fingerprint density at radius 2 is 2.12 bits per heavy atom. The Balaban J connectivity index is 2.92. The lowest BCUT2D eigenvalue weighted by Crippen LogP contribution is -2.38. The molecule has 0 aliphatic heterocycles. The first kappa shape index (κ1) is 12.7.